The Hall–Kier alpha value is -0.640. The number of aliphatic hydroxyl groups is 1. The van der Waals surface area contributed by atoms with Crippen LogP contribution in [0.15, 0.2) is 18.2 Å². The highest BCUT2D eigenvalue weighted by atomic mass is 35.5. The Labute approximate surface area is 93.9 Å². The molecule has 0 heterocycles. The molecule has 0 aliphatic heterocycles. The number of nitrogens with two attached hydrogens (primary N) is 1. The Morgan fingerprint density at radius 2 is 2.20 bits per heavy atom. The molecule has 1 aromatic rings. The fourth-order valence-corrected chi connectivity index (χ4v) is 1.69. The van der Waals surface area contributed by atoms with E-state index in [0.717, 1.165) is 0 Å². The SMILES string of the molecule is CC(O)(CCN)Cc1cccc(F)c1Cl. The Bertz CT molecular complexity index is 341. The van der Waals surface area contributed by atoms with Gasteiger partial charge in [-0.05, 0) is 31.5 Å². The standard InChI is InChI=1S/C11H15ClFNO/c1-11(15,5-6-14)7-8-3-2-4-9(13)10(8)12/h2-4,15H,5-7,14H2,1H3. The maximum Gasteiger partial charge on any atom is 0.142 e. The zero-order valence-electron chi connectivity index (χ0n) is 8.63. The Kier molecular flexibility index (Phi) is 4.08. The molecule has 0 aliphatic rings. The lowest BCUT2D eigenvalue weighted by atomic mass is 9.93. The smallest absolute Gasteiger partial charge is 0.142 e. The summed E-state index contributed by atoms with van der Waals surface area (Å²) in [5.74, 6) is -0.460. The third kappa shape index (κ3) is 3.45. The molecule has 1 atom stereocenters. The van der Waals surface area contributed by atoms with Crippen molar-refractivity contribution in [3.05, 3.63) is 34.6 Å². The van der Waals surface area contributed by atoms with Gasteiger partial charge in [0.15, 0.2) is 0 Å². The number of hydrogen-bond donors (Lipinski definition) is 2. The molecule has 1 aromatic carbocycles. The summed E-state index contributed by atoms with van der Waals surface area (Å²) >= 11 is 5.78. The van der Waals surface area contributed by atoms with E-state index in [1.165, 1.54) is 6.07 Å². The lowest BCUT2D eigenvalue weighted by molar-refractivity contribution is 0.0538. The van der Waals surface area contributed by atoms with E-state index >= 15 is 0 Å². The van der Waals surface area contributed by atoms with Gasteiger partial charge in [-0.25, -0.2) is 4.39 Å². The summed E-state index contributed by atoms with van der Waals surface area (Å²) in [4.78, 5) is 0. The van der Waals surface area contributed by atoms with Gasteiger partial charge in [-0.1, -0.05) is 23.7 Å². The number of benzene rings is 1. The first-order valence-electron chi connectivity index (χ1n) is 4.81. The summed E-state index contributed by atoms with van der Waals surface area (Å²) in [5, 5.41) is 10.0. The molecule has 0 radical (unpaired) electrons. The van der Waals surface area contributed by atoms with E-state index in [1.807, 2.05) is 0 Å². The molecule has 15 heavy (non-hydrogen) atoms. The third-order valence-electron chi connectivity index (χ3n) is 2.29. The summed E-state index contributed by atoms with van der Waals surface area (Å²) in [7, 11) is 0. The maximum atomic E-state index is 13.1. The molecule has 0 fully saturated rings. The molecule has 0 bridgehead atoms. The van der Waals surface area contributed by atoms with Crippen molar-refractivity contribution in [2.24, 2.45) is 5.73 Å². The summed E-state index contributed by atoms with van der Waals surface area (Å²) in [6.45, 7) is 2.06. The fourth-order valence-electron chi connectivity index (χ4n) is 1.49. The second-order valence-corrected chi connectivity index (χ2v) is 4.30. The minimum absolute atomic E-state index is 0.0785. The highest BCUT2D eigenvalue weighted by Crippen LogP contribution is 2.25. The van der Waals surface area contributed by atoms with Crippen LogP contribution in [0.25, 0.3) is 0 Å². The molecule has 3 N–H and O–H groups in total. The van der Waals surface area contributed by atoms with Crippen LogP contribution in [0, 0.1) is 5.82 Å². The van der Waals surface area contributed by atoms with Crippen molar-refractivity contribution in [2.45, 2.75) is 25.4 Å². The molecule has 0 spiro atoms. The fraction of sp³-hybridized carbons (Fsp3) is 0.455. The molecular weight excluding hydrogens is 217 g/mol. The van der Waals surface area contributed by atoms with Crippen molar-refractivity contribution in [1.82, 2.24) is 0 Å². The quantitative estimate of drug-likeness (QED) is 0.834. The summed E-state index contributed by atoms with van der Waals surface area (Å²) in [6, 6.07) is 4.58. The number of hydrogen-bond acceptors (Lipinski definition) is 2. The van der Waals surface area contributed by atoms with Gasteiger partial charge < -0.3 is 10.8 Å². The van der Waals surface area contributed by atoms with Crippen molar-refractivity contribution < 1.29 is 9.50 Å². The highest BCUT2D eigenvalue weighted by Gasteiger charge is 2.21. The average Bonchev–Trinajstić information content (AvgIpc) is 2.12. The molecular formula is C11H15ClFNO. The van der Waals surface area contributed by atoms with Gasteiger partial charge in [0, 0.05) is 6.42 Å². The van der Waals surface area contributed by atoms with E-state index in [0.29, 0.717) is 24.9 Å². The van der Waals surface area contributed by atoms with Gasteiger partial charge in [-0.2, -0.15) is 0 Å². The van der Waals surface area contributed by atoms with Gasteiger partial charge in [0.25, 0.3) is 0 Å². The lowest BCUT2D eigenvalue weighted by Gasteiger charge is -2.23. The summed E-state index contributed by atoms with van der Waals surface area (Å²) in [6.07, 6.45) is 0.765. The molecule has 0 aliphatic carbocycles. The second-order valence-electron chi connectivity index (χ2n) is 3.93. The second kappa shape index (κ2) is 4.92. The predicted octanol–water partition coefficient (Wildman–Crippen LogP) is 2.12. The minimum Gasteiger partial charge on any atom is -0.390 e. The van der Waals surface area contributed by atoms with Crippen LogP contribution < -0.4 is 5.73 Å². The molecule has 0 aromatic heterocycles. The Morgan fingerprint density at radius 3 is 2.80 bits per heavy atom. The number of halogens is 2. The van der Waals surface area contributed by atoms with Crippen LogP contribution in [-0.4, -0.2) is 17.3 Å². The van der Waals surface area contributed by atoms with Crippen LogP contribution in [0.5, 0.6) is 0 Å². The highest BCUT2D eigenvalue weighted by molar-refractivity contribution is 6.31. The Balaban J connectivity index is 2.85. The van der Waals surface area contributed by atoms with Gasteiger partial charge in [-0.3, -0.25) is 0 Å². The molecule has 1 rings (SSSR count). The zero-order valence-corrected chi connectivity index (χ0v) is 9.39. The van der Waals surface area contributed by atoms with Crippen LogP contribution in [0.3, 0.4) is 0 Å². The van der Waals surface area contributed by atoms with Crippen molar-refractivity contribution in [2.75, 3.05) is 6.54 Å². The van der Waals surface area contributed by atoms with Crippen molar-refractivity contribution >= 4 is 11.6 Å². The predicted molar refractivity (Wildman–Crippen MR) is 59.4 cm³/mol. The molecule has 0 amide bonds. The third-order valence-corrected chi connectivity index (χ3v) is 2.71. The zero-order chi connectivity index (χ0) is 11.5. The van der Waals surface area contributed by atoms with Crippen molar-refractivity contribution in [1.29, 1.82) is 0 Å². The van der Waals surface area contributed by atoms with Crippen LogP contribution in [0.1, 0.15) is 18.9 Å². The lowest BCUT2D eigenvalue weighted by Crippen LogP contribution is -2.30. The van der Waals surface area contributed by atoms with Crippen molar-refractivity contribution in [3.8, 4) is 0 Å². The van der Waals surface area contributed by atoms with E-state index in [1.54, 1.807) is 19.1 Å². The first kappa shape index (κ1) is 12.4. The largest absolute Gasteiger partial charge is 0.390 e. The Morgan fingerprint density at radius 1 is 1.53 bits per heavy atom. The molecule has 0 saturated heterocycles. The summed E-state index contributed by atoms with van der Waals surface area (Å²) in [5.41, 5.74) is 5.04. The molecule has 0 saturated carbocycles. The molecule has 2 nitrogen and oxygen atoms in total. The van der Waals surface area contributed by atoms with Crippen LogP contribution in [-0.2, 0) is 6.42 Å². The van der Waals surface area contributed by atoms with Gasteiger partial charge >= 0.3 is 0 Å². The van der Waals surface area contributed by atoms with Crippen LogP contribution in [0.4, 0.5) is 4.39 Å². The number of rotatable bonds is 4. The van der Waals surface area contributed by atoms with E-state index in [-0.39, 0.29) is 5.02 Å². The van der Waals surface area contributed by atoms with E-state index in [9.17, 15) is 9.50 Å². The normalized spacial score (nSPS) is 15.0. The maximum absolute atomic E-state index is 13.1. The van der Waals surface area contributed by atoms with Crippen molar-refractivity contribution in [3.63, 3.8) is 0 Å². The van der Waals surface area contributed by atoms with Gasteiger partial charge in [0.2, 0.25) is 0 Å². The first-order chi connectivity index (χ1) is 6.96. The van der Waals surface area contributed by atoms with E-state index < -0.39 is 11.4 Å². The first-order valence-corrected chi connectivity index (χ1v) is 5.19. The van der Waals surface area contributed by atoms with Gasteiger partial charge in [0.1, 0.15) is 5.82 Å². The van der Waals surface area contributed by atoms with E-state index in [4.69, 9.17) is 17.3 Å². The topological polar surface area (TPSA) is 46.2 Å². The van der Waals surface area contributed by atoms with Gasteiger partial charge in [-0.15, -0.1) is 0 Å². The van der Waals surface area contributed by atoms with Crippen LogP contribution in [0.2, 0.25) is 5.02 Å². The average molecular weight is 232 g/mol. The van der Waals surface area contributed by atoms with E-state index in [2.05, 4.69) is 0 Å². The molecule has 84 valence electrons. The minimum atomic E-state index is -0.938. The molecule has 1 unspecified atom stereocenters. The molecule has 4 heteroatoms. The van der Waals surface area contributed by atoms with Crippen LogP contribution >= 0.6 is 11.6 Å². The summed E-state index contributed by atoms with van der Waals surface area (Å²) < 4.78 is 13.1. The monoisotopic (exact) mass is 231 g/mol. The van der Waals surface area contributed by atoms with Gasteiger partial charge in [0.05, 0.1) is 10.6 Å².